The number of hydrogen-bond donors (Lipinski definition) is 3. The molecule has 1 aliphatic heterocycles. The molecule has 9 nitrogen and oxygen atoms in total. The van der Waals surface area contributed by atoms with Crippen molar-refractivity contribution in [2.75, 3.05) is 13.1 Å². The number of aryl methyl sites for hydroxylation is 4. The summed E-state index contributed by atoms with van der Waals surface area (Å²) in [5, 5.41) is 16.8. The van der Waals surface area contributed by atoms with Crippen LogP contribution < -0.4 is 16.0 Å². The Labute approximate surface area is 163 Å². The molecule has 1 fully saturated rings. The second kappa shape index (κ2) is 8.14. The molecule has 0 bridgehead atoms. The largest absolute Gasteiger partial charge is 0.361 e. The van der Waals surface area contributed by atoms with Crippen molar-refractivity contribution in [1.29, 1.82) is 0 Å². The first kappa shape index (κ1) is 20.1. The molecule has 3 heterocycles. The van der Waals surface area contributed by atoms with Crippen molar-refractivity contribution in [2.45, 2.75) is 53.6 Å². The van der Waals surface area contributed by atoms with E-state index in [-0.39, 0.29) is 18.2 Å². The van der Waals surface area contributed by atoms with Crippen molar-refractivity contribution in [2.24, 2.45) is 5.41 Å². The molecule has 3 rings (SSSR count). The van der Waals surface area contributed by atoms with Crippen molar-refractivity contribution in [3.05, 3.63) is 34.0 Å². The number of amides is 2. The zero-order chi connectivity index (χ0) is 20.3. The molecule has 1 atom stereocenters. The molecule has 9 heteroatoms. The van der Waals surface area contributed by atoms with Crippen LogP contribution in [0.3, 0.4) is 0 Å². The molecule has 152 valence electrons. The summed E-state index contributed by atoms with van der Waals surface area (Å²) in [6.45, 7) is 9.15. The third-order valence-corrected chi connectivity index (χ3v) is 5.47. The first-order valence-corrected chi connectivity index (χ1v) is 9.41. The molecule has 0 aliphatic carbocycles. The van der Waals surface area contributed by atoms with E-state index in [9.17, 15) is 9.59 Å². The smallest absolute Gasteiger partial charge is 0.228 e. The van der Waals surface area contributed by atoms with Crippen molar-refractivity contribution < 1.29 is 18.6 Å². The maximum absolute atomic E-state index is 13.0. The van der Waals surface area contributed by atoms with Crippen molar-refractivity contribution >= 4 is 11.8 Å². The Hall–Kier alpha value is -2.68. The van der Waals surface area contributed by atoms with Crippen LogP contribution in [-0.2, 0) is 22.7 Å². The molecule has 0 aromatic carbocycles. The molecule has 1 aliphatic rings. The Morgan fingerprint density at radius 1 is 1.00 bits per heavy atom. The van der Waals surface area contributed by atoms with Crippen molar-refractivity contribution in [3.8, 4) is 0 Å². The van der Waals surface area contributed by atoms with Gasteiger partial charge in [0.2, 0.25) is 11.8 Å². The molecule has 2 aromatic heterocycles. The lowest BCUT2D eigenvalue weighted by Gasteiger charge is -2.26. The molecule has 0 radical (unpaired) electrons. The molecule has 0 spiro atoms. The molecule has 2 amide bonds. The Bertz CT molecular complexity index is 825. The molecular weight excluding hydrogens is 362 g/mol. The van der Waals surface area contributed by atoms with Crippen molar-refractivity contribution in [1.82, 2.24) is 26.3 Å². The number of nitrogens with one attached hydrogen (secondary N) is 3. The summed E-state index contributed by atoms with van der Waals surface area (Å²) in [4.78, 5) is 25.5. The highest BCUT2D eigenvalue weighted by Gasteiger charge is 2.43. The Balaban J connectivity index is 1.61. The fourth-order valence-electron chi connectivity index (χ4n) is 3.59. The third-order valence-electron chi connectivity index (χ3n) is 5.47. The fourth-order valence-corrected chi connectivity index (χ4v) is 3.59. The first-order valence-electron chi connectivity index (χ1n) is 9.41. The quantitative estimate of drug-likeness (QED) is 0.650. The number of nitrogens with zero attached hydrogens (tertiary/aromatic N) is 2. The topological polar surface area (TPSA) is 122 Å². The summed E-state index contributed by atoms with van der Waals surface area (Å²) in [5.74, 6) is 1.07. The highest BCUT2D eigenvalue weighted by atomic mass is 16.5. The van der Waals surface area contributed by atoms with Gasteiger partial charge in [-0.3, -0.25) is 9.59 Å². The average molecular weight is 389 g/mol. The van der Waals surface area contributed by atoms with Gasteiger partial charge in [0.1, 0.15) is 11.5 Å². The normalized spacial score (nSPS) is 19.0. The molecule has 28 heavy (non-hydrogen) atoms. The van der Waals surface area contributed by atoms with E-state index in [2.05, 4.69) is 26.3 Å². The number of rotatable bonds is 7. The van der Waals surface area contributed by atoms with Gasteiger partial charge in [-0.25, -0.2) is 0 Å². The fraction of sp³-hybridized carbons (Fsp3) is 0.579. The monoisotopic (exact) mass is 389 g/mol. The van der Waals surface area contributed by atoms with Crippen molar-refractivity contribution in [3.63, 3.8) is 0 Å². The Kier molecular flexibility index (Phi) is 5.83. The maximum Gasteiger partial charge on any atom is 0.228 e. The van der Waals surface area contributed by atoms with Crippen LogP contribution in [-0.4, -0.2) is 35.2 Å². The van der Waals surface area contributed by atoms with Gasteiger partial charge >= 0.3 is 0 Å². The predicted octanol–water partition coefficient (Wildman–Crippen LogP) is 1.20. The summed E-state index contributed by atoms with van der Waals surface area (Å²) in [6, 6.07) is 0. The summed E-state index contributed by atoms with van der Waals surface area (Å²) in [7, 11) is 0. The Morgan fingerprint density at radius 3 is 2.04 bits per heavy atom. The highest BCUT2D eigenvalue weighted by Crippen LogP contribution is 2.30. The number of hydrogen-bond acceptors (Lipinski definition) is 7. The van der Waals surface area contributed by atoms with E-state index in [1.807, 2.05) is 27.7 Å². The lowest BCUT2D eigenvalue weighted by Crippen LogP contribution is -2.45. The van der Waals surface area contributed by atoms with E-state index in [1.54, 1.807) is 0 Å². The second-order valence-electron chi connectivity index (χ2n) is 7.45. The maximum atomic E-state index is 13.0. The molecule has 1 unspecified atom stereocenters. The minimum atomic E-state index is -0.762. The van der Waals surface area contributed by atoms with Crippen LogP contribution in [0.1, 0.15) is 46.9 Å². The van der Waals surface area contributed by atoms with Gasteiger partial charge in [0.25, 0.3) is 0 Å². The van der Waals surface area contributed by atoms with Gasteiger partial charge in [0, 0.05) is 37.2 Å². The van der Waals surface area contributed by atoms with Crippen LogP contribution in [0.2, 0.25) is 0 Å². The molecule has 1 saturated heterocycles. The lowest BCUT2D eigenvalue weighted by atomic mass is 9.82. The van der Waals surface area contributed by atoms with Gasteiger partial charge in [-0.15, -0.1) is 0 Å². The third kappa shape index (κ3) is 4.09. The van der Waals surface area contributed by atoms with Gasteiger partial charge in [-0.05, 0) is 40.7 Å². The average Bonchev–Trinajstić information content (AvgIpc) is 3.34. The number of carbonyl (C=O) groups is 2. The molecule has 3 N–H and O–H groups in total. The van der Waals surface area contributed by atoms with E-state index in [0.29, 0.717) is 44.1 Å². The van der Waals surface area contributed by atoms with Crippen LogP contribution in [0, 0.1) is 33.1 Å². The van der Waals surface area contributed by atoms with Gasteiger partial charge in [0.05, 0.1) is 16.8 Å². The SMILES string of the molecule is Cc1noc(C)c1CNC(=O)CC1(C(=O)NCc2c(C)noc2C)CCNC1. The van der Waals surface area contributed by atoms with E-state index >= 15 is 0 Å². The molecule has 2 aromatic rings. The van der Waals surface area contributed by atoms with Gasteiger partial charge in [-0.1, -0.05) is 10.3 Å². The van der Waals surface area contributed by atoms with Crippen LogP contribution in [0.25, 0.3) is 0 Å². The second-order valence-corrected chi connectivity index (χ2v) is 7.45. The Morgan fingerprint density at radius 2 is 1.57 bits per heavy atom. The highest BCUT2D eigenvalue weighted by molar-refractivity contribution is 5.89. The van der Waals surface area contributed by atoms with Gasteiger partial charge in [0.15, 0.2) is 0 Å². The van der Waals surface area contributed by atoms with Crippen LogP contribution in [0.5, 0.6) is 0 Å². The van der Waals surface area contributed by atoms with E-state index in [4.69, 9.17) is 9.05 Å². The molecule has 0 saturated carbocycles. The van der Waals surface area contributed by atoms with E-state index in [1.165, 1.54) is 0 Å². The lowest BCUT2D eigenvalue weighted by molar-refractivity contribution is -0.135. The van der Waals surface area contributed by atoms with Crippen LogP contribution in [0.4, 0.5) is 0 Å². The van der Waals surface area contributed by atoms with E-state index in [0.717, 1.165) is 22.5 Å². The number of aromatic nitrogens is 2. The predicted molar refractivity (Wildman–Crippen MR) is 100 cm³/mol. The minimum absolute atomic E-state index is 0.122. The summed E-state index contributed by atoms with van der Waals surface area (Å²) < 4.78 is 10.3. The van der Waals surface area contributed by atoms with Gasteiger partial charge in [-0.2, -0.15) is 0 Å². The van der Waals surface area contributed by atoms with E-state index < -0.39 is 5.41 Å². The number of carbonyl (C=O) groups excluding carboxylic acids is 2. The van der Waals surface area contributed by atoms with Crippen LogP contribution >= 0.6 is 0 Å². The standard InChI is InChI=1S/C19H27N5O4/c1-11-15(13(3)27-23-11)8-21-17(25)7-19(5-6-20-10-19)18(26)22-9-16-12(2)24-28-14(16)4/h20H,5-10H2,1-4H3,(H,21,25)(H,22,26). The zero-order valence-corrected chi connectivity index (χ0v) is 16.8. The zero-order valence-electron chi connectivity index (χ0n) is 16.8. The van der Waals surface area contributed by atoms with Crippen LogP contribution in [0.15, 0.2) is 9.05 Å². The first-order chi connectivity index (χ1) is 13.3. The summed E-state index contributed by atoms with van der Waals surface area (Å²) in [6.07, 6.45) is 0.732. The van der Waals surface area contributed by atoms with Gasteiger partial charge < -0.3 is 25.0 Å². The summed E-state index contributed by atoms with van der Waals surface area (Å²) in [5.41, 5.74) is 2.50. The minimum Gasteiger partial charge on any atom is -0.361 e. The summed E-state index contributed by atoms with van der Waals surface area (Å²) >= 11 is 0. The molecular formula is C19H27N5O4.